The van der Waals surface area contributed by atoms with Gasteiger partial charge in [0.1, 0.15) is 0 Å². The van der Waals surface area contributed by atoms with Gasteiger partial charge in [-0.2, -0.15) is 0 Å². The highest BCUT2D eigenvalue weighted by molar-refractivity contribution is 4.81. The predicted molar refractivity (Wildman–Crippen MR) is 47.4 cm³/mol. The molecule has 0 aromatic heterocycles. The molecule has 1 aliphatic rings. The van der Waals surface area contributed by atoms with E-state index >= 15 is 0 Å². The van der Waals surface area contributed by atoms with Crippen molar-refractivity contribution in [1.29, 1.82) is 0 Å². The van der Waals surface area contributed by atoms with E-state index in [0.29, 0.717) is 5.92 Å². The van der Waals surface area contributed by atoms with E-state index in [-0.39, 0.29) is 0 Å². The van der Waals surface area contributed by atoms with Gasteiger partial charge in [-0.15, -0.1) is 0 Å². The van der Waals surface area contributed by atoms with Crippen molar-refractivity contribution in [1.82, 2.24) is 0 Å². The first-order valence-corrected chi connectivity index (χ1v) is 4.75. The molecule has 0 aliphatic heterocycles. The van der Waals surface area contributed by atoms with Crippen LogP contribution >= 0.6 is 0 Å². The second-order valence-corrected chi connectivity index (χ2v) is 4.49. The van der Waals surface area contributed by atoms with Gasteiger partial charge < -0.3 is 5.11 Å². The van der Waals surface area contributed by atoms with E-state index in [1.165, 1.54) is 19.3 Å². The van der Waals surface area contributed by atoms with Gasteiger partial charge >= 0.3 is 0 Å². The van der Waals surface area contributed by atoms with E-state index in [4.69, 9.17) is 0 Å². The average Bonchev–Trinajstić information content (AvgIpc) is 2.65. The van der Waals surface area contributed by atoms with Gasteiger partial charge in [0.2, 0.25) is 0 Å². The summed E-state index contributed by atoms with van der Waals surface area (Å²) in [7, 11) is 0. The van der Waals surface area contributed by atoms with Crippen LogP contribution in [0.4, 0.5) is 0 Å². The van der Waals surface area contributed by atoms with Gasteiger partial charge in [-0.1, -0.05) is 26.7 Å². The van der Waals surface area contributed by atoms with Crippen LogP contribution in [-0.2, 0) is 0 Å². The molecule has 1 atom stereocenters. The highest BCUT2D eigenvalue weighted by Crippen LogP contribution is 2.36. The van der Waals surface area contributed by atoms with Crippen molar-refractivity contribution in [3.63, 3.8) is 0 Å². The highest BCUT2D eigenvalue weighted by atomic mass is 16.3. The van der Waals surface area contributed by atoms with Crippen LogP contribution in [-0.4, -0.2) is 10.7 Å². The Hall–Kier alpha value is -0.0400. The Kier molecular flexibility index (Phi) is 2.58. The van der Waals surface area contributed by atoms with Crippen LogP contribution in [0, 0.1) is 11.8 Å². The van der Waals surface area contributed by atoms with Crippen molar-refractivity contribution in [3.05, 3.63) is 0 Å². The van der Waals surface area contributed by atoms with Crippen LogP contribution in [0.25, 0.3) is 0 Å². The summed E-state index contributed by atoms with van der Waals surface area (Å²) in [4.78, 5) is 0. The van der Waals surface area contributed by atoms with Crippen LogP contribution < -0.4 is 0 Å². The van der Waals surface area contributed by atoms with Crippen molar-refractivity contribution in [2.75, 3.05) is 0 Å². The van der Waals surface area contributed by atoms with Crippen LogP contribution in [0.1, 0.15) is 46.5 Å². The molecule has 1 N–H and O–H groups in total. The van der Waals surface area contributed by atoms with Crippen molar-refractivity contribution in [2.24, 2.45) is 11.8 Å². The molecule has 0 amide bonds. The van der Waals surface area contributed by atoms with Gasteiger partial charge in [-0.25, -0.2) is 0 Å². The molecule has 0 saturated heterocycles. The minimum absolute atomic E-state index is 0.390. The highest BCUT2D eigenvalue weighted by Gasteiger charge is 2.29. The van der Waals surface area contributed by atoms with Crippen LogP contribution in [0.2, 0.25) is 0 Å². The SMILES string of the molecule is CC(C)C(C)(O)CCC1CC1. The first kappa shape index (κ1) is 9.05. The van der Waals surface area contributed by atoms with E-state index in [9.17, 15) is 5.11 Å². The molecule has 0 aromatic rings. The molecule has 0 spiro atoms. The monoisotopic (exact) mass is 156 g/mol. The fourth-order valence-electron chi connectivity index (χ4n) is 1.19. The van der Waals surface area contributed by atoms with E-state index in [0.717, 1.165) is 12.3 Å². The average molecular weight is 156 g/mol. The van der Waals surface area contributed by atoms with Gasteiger partial charge in [-0.05, 0) is 31.6 Å². The van der Waals surface area contributed by atoms with Gasteiger partial charge in [0.05, 0.1) is 5.60 Å². The lowest BCUT2D eigenvalue weighted by molar-refractivity contribution is 0.00236. The smallest absolute Gasteiger partial charge is 0.0642 e. The molecule has 0 bridgehead atoms. The van der Waals surface area contributed by atoms with Crippen LogP contribution in [0.3, 0.4) is 0 Å². The van der Waals surface area contributed by atoms with E-state index in [2.05, 4.69) is 13.8 Å². The van der Waals surface area contributed by atoms with Gasteiger partial charge in [-0.3, -0.25) is 0 Å². The number of rotatable bonds is 4. The summed E-state index contributed by atoms with van der Waals surface area (Å²) in [6, 6.07) is 0. The quantitative estimate of drug-likeness (QED) is 0.663. The van der Waals surface area contributed by atoms with Gasteiger partial charge in [0.15, 0.2) is 0 Å². The lowest BCUT2D eigenvalue weighted by Crippen LogP contribution is -2.30. The van der Waals surface area contributed by atoms with Crippen molar-refractivity contribution in [2.45, 2.75) is 52.1 Å². The van der Waals surface area contributed by atoms with Crippen LogP contribution in [0.15, 0.2) is 0 Å². The summed E-state index contributed by atoms with van der Waals surface area (Å²) in [5.74, 6) is 1.33. The first-order valence-electron chi connectivity index (χ1n) is 4.75. The largest absolute Gasteiger partial charge is 0.390 e. The lowest BCUT2D eigenvalue weighted by Gasteiger charge is -2.27. The molecular formula is C10H20O. The third kappa shape index (κ3) is 2.82. The minimum atomic E-state index is -0.428. The number of hydrogen-bond donors (Lipinski definition) is 1. The maximum absolute atomic E-state index is 9.87. The molecule has 66 valence electrons. The third-order valence-electron chi connectivity index (χ3n) is 3.00. The molecule has 0 radical (unpaired) electrons. The van der Waals surface area contributed by atoms with Gasteiger partial charge in [0.25, 0.3) is 0 Å². The normalized spacial score (nSPS) is 23.7. The zero-order chi connectivity index (χ0) is 8.48. The van der Waals surface area contributed by atoms with E-state index < -0.39 is 5.60 Å². The van der Waals surface area contributed by atoms with Crippen molar-refractivity contribution >= 4 is 0 Å². The molecule has 1 saturated carbocycles. The van der Waals surface area contributed by atoms with Gasteiger partial charge in [0, 0.05) is 0 Å². The molecular weight excluding hydrogens is 136 g/mol. The Labute approximate surface area is 69.8 Å². The summed E-state index contributed by atoms with van der Waals surface area (Å²) in [5, 5.41) is 9.87. The molecule has 1 nitrogen and oxygen atoms in total. The second-order valence-electron chi connectivity index (χ2n) is 4.49. The molecule has 1 heteroatoms. The molecule has 11 heavy (non-hydrogen) atoms. The lowest BCUT2D eigenvalue weighted by atomic mass is 9.87. The molecule has 1 rings (SSSR count). The van der Waals surface area contributed by atoms with E-state index in [1.807, 2.05) is 6.92 Å². The minimum Gasteiger partial charge on any atom is -0.390 e. The number of hydrogen-bond acceptors (Lipinski definition) is 1. The molecule has 1 aliphatic carbocycles. The molecule has 1 fully saturated rings. The topological polar surface area (TPSA) is 20.2 Å². The Balaban J connectivity index is 2.20. The summed E-state index contributed by atoms with van der Waals surface area (Å²) in [6.45, 7) is 6.14. The zero-order valence-electron chi connectivity index (χ0n) is 7.93. The predicted octanol–water partition coefficient (Wildman–Crippen LogP) is 2.58. The van der Waals surface area contributed by atoms with Crippen LogP contribution in [0.5, 0.6) is 0 Å². The Morgan fingerprint density at radius 2 is 2.00 bits per heavy atom. The van der Waals surface area contributed by atoms with Crippen molar-refractivity contribution < 1.29 is 5.11 Å². The Morgan fingerprint density at radius 3 is 2.36 bits per heavy atom. The fraction of sp³-hybridized carbons (Fsp3) is 1.00. The third-order valence-corrected chi connectivity index (χ3v) is 3.00. The maximum Gasteiger partial charge on any atom is 0.0642 e. The summed E-state index contributed by atoms with van der Waals surface area (Å²) >= 11 is 0. The first-order chi connectivity index (χ1) is 5.02. The fourth-order valence-corrected chi connectivity index (χ4v) is 1.19. The zero-order valence-corrected chi connectivity index (χ0v) is 7.93. The number of aliphatic hydroxyl groups is 1. The van der Waals surface area contributed by atoms with E-state index in [1.54, 1.807) is 0 Å². The molecule has 0 aromatic carbocycles. The summed E-state index contributed by atoms with van der Waals surface area (Å²) in [5.41, 5.74) is -0.428. The Bertz CT molecular complexity index is 123. The molecule has 0 heterocycles. The maximum atomic E-state index is 9.87. The molecule has 1 unspecified atom stereocenters. The second kappa shape index (κ2) is 3.14. The Morgan fingerprint density at radius 1 is 1.45 bits per heavy atom. The van der Waals surface area contributed by atoms with Crippen molar-refractivity contribution in [3.8, 4) is 0 Å². The summed E-state index contributed by atoms with van der Waals surface area (Å²) in [6.07, 6.45) is 5.00. The standard InChI is InChI=1S/C10H20O/c1-8(2)10(3,11)7-6-9-4-5-9/h8-9,11H,4-7H2,1-3H3. The summed E-state index contributed by atoms with van der Waals surface area (Å²) < 4.78 is 0.